The van der Waals surface area contributed by atoms with Crippen LogP contribution in [0.15, 0.2) is 18.2 Å². The van der Waals surface area contributed by atoms with Gasteiger partial charge in [0.2, 0.25) is 0 Å². The molecule has 0 heterocycles. The molecule has 0 radical (unpaired) electrons. The van der Waals surface area contributed by atoms with Crippen molar-refractivity contribution in [2.24, 2.45) is 5.73 Å². The van der Waals surface area contributed by atoms with Crippen LogP contribution in [0.4, 0.5) is 0 Å². The molecule has 0 fully saturated rings. The number of hydrogen-bond donors (Lipinski definition) is 1. The second kappa shape index (κ2) is 7.67. The minimum Gasteiger partial charge on any atom is -0.496 e. The van der Waals surface area contributed by atoms with Crippen LogP contribution < -0.4 is 10.5 Å². The van der Waals surface area contributed by atoms with Crippen molar-refractivity contribution in [3.05, 3.63) is 29.3 Å². The van der Waals surface area contributed by atoms with E-state index < -0.39 is 0 Å². The first kappa shape index (κ1) is 15.3. The van der Waals surface area contributed by atoms with E-state index in [2.05, 4.69) is 37.3 Å². The van der Waals surface area contributed by atoms with E-state index in [9.17, 15) is 0 Å². The summed E-state index contributed by atoms with van der Waals surface area (Å²) in [5.41, 5.74) is 8.34. The molecule has 102 valence electrons. The van der Waals surface area contributed by atoms with Crippen molar-refractivity contribution in [3.8, 4) is 5.75 Å². The molecule has 0 aliphatic carbocycles. The molecule has 2 N–H and O–H groups in total. The predicted molar refractivity (Wildman–Crippen MR) is 80.5 cm³/mol. The minimum absolute atomic E-state index is 0.279. The van der Waals surface area contributed by atoms with Gasteiger partial charge in [0.15, 0.2) is 0 Å². The van der Waals surface area contributed by atoms with Gasteiger partial charge in [0.25, 0.3) is 0 Å². The van der Waals surface area contributed by atoms with E-state index in [-0.39, 0.29) is 6.04 Å². The van der Waals surface area contributed by atoms with Gasteiger partial charge in [-0.3, -0.25) is 4.90 Å². The lowest BCUT2D eigenvalue weighted by atomic mass is 10.0. The van der Waals surface area contributed by atoms with Crippen LogP contribution in [0.3, 0.4) is 0 Å². The SMILES string of the molecule is COc1ccc(C(CN)N(C)CCSC)cc1C. The van der Waals surface area contributed by atoms with Gasteiger partial charge in [0.05, 0.1) is 7.11 Å². The molecular formula is C14H24N2OS. The normalized spacial score (nSPS) is 12.8. The van der Waals surface area contributed by atoms with Crippen molar-refractivity contribution < 1.29 is 4.74 Å². The van der Waals surface area contributed by atoms with Gasteiger partial charge in [0, 0.05) is 24.9 Å². The second-order valence-electron chi connectivity index (χ2n) is 4.45. The summed E-state index contributed by atoms with van der Waals surface area (Å²) in [6.45, 7) is 3.75. The van der Waals surface area contributed by atoms with Crippen LogP contribution in [0.2, 0.25) is 0 Å². The number of nitrogens with zero attached hydrogens (tertiary/aromatic N) is 1. The maximum absolute atomic E-state index is 5.92. The molecular weight excluding hydrogens is 244 g/mol. The summed E-state index contributed by atoms with van der Waals surface area (Å²) in [6, 6.07) is 6.59. The third-order valence-electron chi connectivity index (χ3n) is 3.21. The first-order valence-electron chi connectivity index (χ1n) is 6.17. The highest BCUT2D eigenvalue weighted by atomic mass is 32.2. The molecule has 1 aromatic carbocycles. The third kappa shape index (κ3) is 3.90. The molecule has 18 heavy (non-hydrogen) atoms. The van der Waals surface area contributed by atoms with E-state index in [1.54, 1.807) is 7.11 Å². The summed E-state index contributed by atoms with van der Waals surface area (Å²) in [5.74, 6) is 2.06. The lowest BCUT2D eigenvalue weighted by molar-refractivity contribution is 0.265. The van der Waals surface area contributed by atoms with Crippen molar-refractivity contribution in [3.63, 3.8) is 0 Å². The fourth-order valence-electron chi connectivity index (χ4n) is 2.07. The number of hydrogen-bond acceptors (Lipinski definition) is 4. The van der Waals surface area contributed by atoms with Crippen LogP contribution in [0.5, 0.6) is 5.75 Å². The zero-order chi connectivity index (χ0) is 13.5. The molecule has 0 spiro atoms. The number of benzene rings is 1. The molecule has 1 unspecified atom stereocenters. The monoisotopic (exact) mass is 268 g/mol. The molecule has 0 amide bonds. The Morgan fingerprint density at radius 1 is 1.44 bits per heavy atom. The number of rotatable bonds is 7. The second-order valence-corrected chi connectivity index (χ2v) is 5.44. The molecule has 0 bridgehead atoms. The van der Waals surface area contributed by atoms with E-state index in [0.717, 1.165) is 23.6 Å². The molecule has 1 atom stereocenters. The number of nitrogens with two attached hydrogens (primary N) is 1. The fraction of sp³-hybridized carbons (Fsp3) is 0.571. The lowest BCUT2D eigenvalue weighted by Gasteiger charge is -2.27. The van der Waals surface area contributed by atoms with Crippen molar-refractivity contribution in [2.45, 2.75) is 13.0 Å². The summed E-state index contributed by atoms with van der Waals surface area (Å²) < 4.78 is 5.29. The Morgan fingerprint density at radius 2 is 2.17 bits per heavy atom. The van der Waals surface area contributed by atoms with Gasteiger partial charge in [0.1, 0.15) is 5.75 Å². The molecule has 0 aromatic heterocycles. The van der Waals surface area contributed by atoms with Gasteiger partial charge in [-0.25, -0.2) is 0 Å². The maximum atomic E-state index is 5.92. The number of aryl methyl sites for hydroxylation is 1. The number of likely N-dealkylation sites (N-methyl/N-ethyl adjacent to an activating group) is 1. The highest BCUT2D eigenvalue weighted by molar-refractivity contribution is 7.98. The van der Waals surface area contributed by atoms with Gasteiger partial charge < -0.3 is 10.5 Å². The van der Waals surface area contributed by atoms with Gasteiger partial charge in [-0.05, 0) is 37.4 Å². The quantitative estimate of drug-likeness (QED) is 0.823. The molecule has 4 heteroatoms. The Labute approximate surface area is 115 Å². The lowest BCUT2D eigenvalue weighted by Crippen LogP contribution is -2.32. The molecule has 1 rings (SSSR count). The number of thioether (sulfide) groups is 1. The predicted octanol–water partition coefficient (Wildman–Crippen LogP) is 2.30. The minimum atomic E-state index is 0.279. The Kier molecular flexibility index (Phi) is 6.54. The van der Waals surface area contributed by atoms with E-state index in [4.69, 9.17) is 10.5 Å². The van der Waals surface area contributed by atoms with E-state index in [1.165, 1.54) is 5.56 Å². The van der Waals surface area contributed by atoms with Crippen molar-refractivity contribution in [1.29, 1.82) is 0 Å². The molecule has 0 aliphatic rings. The van der Waals surface area contributed by atoms with Gasteiger partial charge >= 0.3 is 0 Å². The van der Waals surface area contributed by atoms with Crippen LogP contribution in [0.1, 0.15) is 17.2 Å². The average Bonchev–Trinajstić information content (AvgIpc) is 2.37. The molecule has 0 aliphatic heterocycles. The zero-order valence-corrected chi connectivity index (χ0v) is 12.6. The highest BCUT2D eigenvalue weighted by Crippen LogP contribution is 2.25. The average molecular weight is 268 g/mol. The fourth-order valence-corrected chi connectivity index (χ4v) is 2.54. The standard InChI is InChI=1S/C14H24N2OS/c1-11-9-12(5-6-14(11)17-3)13(10-15)16(2)7-8-18-4/h5-6,9,13H,7-8,10,15H2,1-4H3. The summed E-state index contributed by atoms with van der Waals surface area (Å²) in [5, 5.41) is 0. The molecule has 1 aromatic rings. The third-order valence-corrected chi connectivity index (χ3v) is 3.80. The molecule has 0 saturated heterocycles. The van der Waals surface area contributed by atoms with Crippen LogP contribution in [0.25, 0.3) is 0 Å². The van der Waals surface area contributed by atoms with Gasteiger partial charge in [-0.15, -0.1) is 0 Å². The first-order chi connectivity index (χ1) is 8.63. The Bertz CT molecular complexity index is 371. The van der Waals surface area contributed by atoms with Crippen LogP contribution in [-0.4, -0.2) is 44.2 Å². The van der Waals surface area contributed by atoms with Crippen molar-refractivity contribution >= 4 is 11.8 Å². The first-order valence-corrected chi connectivity index (χ1v) is 7.57. The Hall–Kier alpha value is -0.710. The van der Waals surface area contributed by atoms with Crippen LogP contribution >= 0.6 is 11.8 Å². The van der Waals surface area contributed by atoms with Crippen molar-refractivity contribution in [2.75, 3.05) is 39.3 Å². The summed E-state index contributed by atoms with van der Waals surface area (Å²) in [6.07, 6.45) is 2.13. The van der Waals surface area contributed by atoms with Crippen LogP contribution in [-0.2, 0) is 0 Å². The summed E-state index contributed by atoms with van der Waals surface area (Å²) in [4.78, 5) is 2.32. The van der Waals surface area contributed by atoms with Crippen molar-refractivity contribution in [1.82, 2.24) is 4.90 Å². The zero-order valence-electron chi connectivity index (χ0n) is 11.8. The van der Waals surface area contributed by atoms with E-state index in [1.807, 2.05) is 17.8 Å². The summed E-state index contributed by atoms with van der Waals surface area (Å²) >= 11 is 1.86. The Morgan fingerprint density at radius 3 is 2.67 bits per heavy atom. The maximum Gasteiger partial charge on any atom is 0.121 e. The van der Waals surface area contributed by atoms with E-state index in [0.29, 0.717) is 6.54 Å². The smallest absolute Gasteiger partial charge is 0.121 e. The van der Waals surface area contributed by atoms with Gasteiger partial charge in [-0.2, -0.15) is 11.8 Å². The number of ether oxygens (including phenoxy) is 1. The van der Waals surface area contributed by atoms with Gasteiger partial charge in [-0.1, -0.05) is 12.1 Å². The Balaban J connectivity index is 2.84. The van der Waals surface area contributed by atoms with Crippen LogP contribution in [0, 0.1) is 6.92 Å². The topological polar surface area (TPSA) is 38.5 Å². The molecule has 3 nitrogen and oxygen atoms in total. The number of methoxy groups -OCH3 is 1. The highest BCUT2D eigenvalue weighted by Gasteiger charge is 2.15. The summed E-state index contributed by atoms with van der Waals surface area (Å²) in [7, 11) is 3.83. The largest absolute Gasteiger partial charge is 0.496 e. The van der Waals surface area contributed by atoms with E-state index >= 15 is 0 Å². The molecule has 0 saturated carbocycles.